The molecule has 0 aliphatic carbocycles. The van der Waals surface area contributed by atoms with Crippen LogP contribution in [0.25, 0.3) is 0 Å². The molecule has 148 valence electrons. The molecule has 1 aliphatic heterocycles. The number of halogens is 1. The molecule has 1 heterocycles. The number of carbonyl (C=O) groups is 3. The molecule has 0 fully saturated rings. The number of amides is 2. The van der Waals surface area contributed by atoms with Gasteiger partial charge in [0.2, 0.25) is 0 Å². The van der Waals surface area contributed by atoms with E-state index in [0.29, 0.717) is 11.1 Å². The topological polar surface area (TPSA) is 74.7 Å². The molecular formula is C22H24FNO4. The summed E-state index contributed by atoms with van der Waals surface area (Å²) in [7, 11) is 0. The van der Waals surface area contributed by atoms with Gasteiger partial charge in [-0.25, -0.2) is 4.39 Å². The van der Waals surface area contributed by atoms with Gasteiger partial charge >= 0.3 is 5.97 Å². The Morgan fingerprint density at radius 3 is 1.96 bits per heavy atom. The van der Waals surface area contributed by atoms with E-state index in [1.807, 2.05) is 13.8 Å². The van der Waals surface area contributed by atoms with Crippen LogP contribution >= 0.6 is 0 Å². The number of imide groups is 1. The molecule has 0 saturated carbocycles. The van der Waals surface area contributed by atoms with E-state index >= 15 is 0 Å². The lowest BCUT2D eigenvalue weighted by atomic mass is 9.95. The van der Waals surface area contributed by atoms with E-state index in [-0.39, 0.29) is 18.7 Å². The van der Waals surface area contributed by atoms with Gasteiger partial charge in [-0.2, -0.15) is 0 Å². The lowest BCUT2D eigenvalue weighted by Gasteiger charge is -2.28. The Morgan fingerprint density at radius 1 is 1.00 bits per heavy atom. The number of benzene rings is 2. The van der Waals surface area contributed by atoms with Crippen molar-refractivity contribution in [1.29, 1.82) is 0 Å². The number of carbonyl (C=O) groups excluding carboxylic acids is 2. The SMILES string of the molecule is CC.C[C@H](C[C@H](Cc1ccc(F)cc1)N1C(=O)c2ccccc2C1=O)C(=O)O. The molecule has 2 aromatic rings. The second-order valence-corrected chi connectivity index (χ2v) is 6.49. The highest BCUT2D eigenvalue weighted by atomic mass is 19.1. The Morgan fingerprint density at radius 2 is 1.50 bits per heavy atom. The molecule has 0 bridgehead atoms. The van der Waals surface area contributed by atoms with Crippen LogP contribution in [0.3, 0.4) is 0 Å². The number of fused-ring (bicyclic) bond motifs is 1. The van der Waals surface area contributed by atoms with Crippen LogP contribution in [0.15, 0.2) is 48.5 Å². The Hall–Kier alpha value is -3.02. The fraction of sp³-hybridized carbons (Fsp3) is 0.318. The number of rotatable bonds is 6. The van der Waals surface area contributed by atoms with E-state index in [2.05, 4.69) is 0 Å². The first-order valence-corrected chi connectivity index (χ1v) is 9.32. The van der Waals surface area contributed by atoms with Gasteiger partial charge < -0.3 is 5.11 Å². The lowest BCUT2D eigenvalue weighted by molar-refractivity contribution is -0.141. The van der Waals surface area contributed by atoms with E-state index in [4.69, 9.17) is 0 Å². The van der Waals surface area contributed by atoms with Gasteiger partial charge in [0, 0.05) is 6.04 Å². The number of carboxylic acid groups (broad SMARTS) is 1. The van der Waals surface area contributed by atoms with E-state index in [1.165, 1.54) is 19.1 Å². The quantitative estimate of drug-likeness (QED) is 0.758. The van der Waals surface area contributed by atoms with Crippen molar-refractivity contribution in [3.8, 4) is 0 Å². The molecule has 0 aromatic heterocycles. The van der Waals surface area contributed by atoms with Crippen molar-refractivity contribution < 1.29 is 23.9 Å². The molecule has 0 spiro atoms. The van der Waals surface area contributed by atoms with Gasteiger partial charge in [0.25, 0.3) is 11.8 Å². The van der Waals surface area contributed by atoms with Crippen molar-refractivity contribution in [1.82, 2.24) is 4.90 Å². The monoisotopic (exact) mass is 385 g/mol. The zero-order valence-electron chi connectivity index (χ0n) is 16.2. The van der Waals surface area contributed by atoms with Gasteiger partial charge in [-0.1, -0.05) is 45.0 Å². The molecule has 2 amide bonds. The Balaban J connectivity index is 0.00000136. The molecule has 2 aromatic carbocycles. The predicted octanol–water partition coefficient (Wildman–Crippen LogP) is 4.17. The summed E-state index contributed by atoms with van der Waals surface area (Å²) in [6.07, 6.45) is 0.390. The number of carboxylic acids is 1. The van der Waals surface area contributed by atoms with Gasteiger partial charge in [-0.3, -0.25) is 19.3 Å². The first-order chi connectivity index (χ1) is 13.4. The minimum Gasteiger partial charge on any atom is -0.481 e. The van der Waals surface area contributed by atoms with Crippen LogP contribution in [-0.2, 0) is 11.2 Å². The maximum absolute atomic E-state index is 13.1. The van der Waals surface area contributed by atoms with Crippen molar-refractivity contribution in [2.75, 3.05) is 0 Å². The lowest BCUT2D eigenvalue weighted by Crippen LogP contribution is -2.42. The number of aliphatic carboxylic acids is 1. The first-order valence-electron chi connectivity index (χ1n) is 9.32. The maximum atomic E-state index is 13.1. The fourth-order valence-electron chi connectivity index (χ4n) is 3.22. The predicted molar refractivity (Wildman–Crippen MR) is 104 cm³/mol. The molecule has 1 aliphatic rings. The zero-order chi connectivity index (χ0) is 20.8. The summed E-state index contributed by atoms with van der Waals surface area (Å²) in [5.74, 6) is -2.95. The van der Waals surface area contributed by atoms with Crippen LogP contribution < -0.4 is 0 Å². The highest BCUT2D eigenvalue weighted by molar-refractivity contribution is 6.21. The van der Waals surface area contributed by atoms with E-state index in [9.17, 15) is 23.9 Å². The molecule has 5 nitrogen and oxygen atoms in total. The van der Waals surface area contributed by atoms with Crippen LogP contribution in [0.4, 0.5) is 4.39 Å². The number of nitrogens with zero attached hydrogens (tertiary/aromatic N) is 1. The molecule has 0 radical (unpaired) electrons. The summed E-state index contributed by atoms with van der Waals surface area (Å²) in [4.78, 5) is 37.9. The van der Waals surface area contributed by atoms with Crippen molar-refractivity contribution in [3.63, 3.8) is 0 Å². The minimum atomic E-state index is -0.995. The second kappa shape index (κ2) is 9.26. The zero-order valence-corrected chi connectivity index (χ0v) is 16.2. The summed E-state index contributed by atoms with van der Waals surface area (Å²) in [5.41, 5.74) is 1.37. The molecule has 28 heavy (non-hydrogen) atoms. The number of hydrogen-bond acceptors (Lipinski definition) is 3. The van der Waals surface area contributed by atoms with E-state index in [0.717, 1.165) is 10.5 Å². The van der Waals surface area contributed by atoms with Gasteiger partial charge in [-0.15, -0.1) is 0 Å². The average molecular weight is 385 g/mol. The van der Waals surface area contributed by atoms with Crippen LogP contribution in [0.2, 0.25) is 0 Å². The number of hydrogen-bond donors (Lipinski definition) is 1. The van der Waals surface area contributed by atoms with E-state index < -0.39 is 29.7 Å². The summed E-state index contributed by atoms with van der Waals surface area (Å²) in [5, 5.41) is 9.24. The standard InChI is InChI=1S/C20H18FNO4.C2H6/c1-12(20(25)26)10-15(11-13-6-8-14(21)9-7-13)22-18(23)16-4-2-3-5-17(16)19(22)24;1-2/h2-9,12,15H,10-11H2,1H3,(H,25,26);1-2H3/t12-,15-;/m1./s1. The molecule has 3 rings (SSSR count). The minimum absolute atomic E-state index is 0.123. The highest BCUT2D eigenvalue weighted by Crippen LogP contribution is 2.28. The maximum Gasteiger partial charge on any atom is 0.306 e. The van der Waals surface area contributed by atoms with E-state index in [1.54, 1.807) is 36.4 Å². The molecule has 0 unspecified atom stereocenters. The van der Waals surface area contributed by atoms with Gasteiger partial charge in [-0.05, 0) is 42.7 Å². The van der Waals surface area contributed by atoms with Crippen molar-refractivity contribution in [3.05, 3.63) is 71.0 Å². The Labute approximate surface area is 163 Å². The third-order valence-corrected chi connectivity index (χ3v) is 4.62. The van der Waals surface area contributed by atoms with Gasteiger partial charge in [0.1, 0.15) is 5.82 Å². The van der Waals surface area contributed by atoms with Crippen molar-refractivity contribution in [2.24, 2.45) is 5.92 Å². The summed E-state index contributed by atoms with van der Waals surface area (Å²) < 4.78 is 13.1. The Kier molecular flexibility index (Phi) is 7.04. The summed E-state index contributed by atoms with van der Waals surface area (Å²) in [6, 6.07) is 11.7. The van der Waals surface area contributed by atoms with Gasteiger partial charge in [0.15, 0.2) is 0 Å². The van der Waals surface area contributed by atoms with Crippen molar-refractivity contribution >= 4 is 17.8 Å². The normalized spacial score (nSPS) is 14.8. The summed E-state index contributed by atoms with van der Waals surface area (Å²) in [6.45, 7) is 5.54. The van der Waals surface area contributed by atoms with Gasteiger partial charge in [0.05, 0.1) is 17.0 Å². The average Bonchev–Trinajstić information content (AvgIpc) is 2.95. The molecule has 1 N–H and O–H groups in total. The molecule has 2 atom stereocenters. The Bertz CT molecular complexity index is 828. The largest absolute Gasteiger partial charge is 0.481 e. The smallest absolute Gasteiger partial charge is 0.306 e. The van der Waals surface area contributed by atoms with Crippen LogP contribution in [0.1, 0.15) is 53.5 Å². The van der Waals surface area contributed by atoms with Crippen LogP contribution in [0.5, 0.6) is 0 Å². The third-order valence-electron chi connectivity index (χ3n) is 4.62. The second-order valence-electron chi connectivity index (χ2n) is 6.49. The molecular weight excluding hydrogens is 361 g/mol. The summed E-state index contributed by atoms with van der Waals surface area (Å²) >= 11 is 0. The van der Waals surface area contributed by atoms with Crippen LogP contribution in [-0.4, -0.2) is 33.8 Å². The first kappa shape index (κ1) is 21.3. The third kappa shape index (κ3) is 4.44. The molecule has 6 heteroatoms. The van der Waals surface area contributed by atoms with Crippen LogP contribution in [0, 0.1) is 11.7 Å². The fourth-order valence-corrected chi connectivity index (χ4v) is 3.22. The van der Waals surface area contributed by atoms with Crippen molar-refractivity contribution in [2.45, 2.75) is 39.7 Å². The molecule has 0 saturated heterocycles. The highest BCUT2D eigenvalue weighted by Gasteiger charge is 2.40.